The lowest BCUT2D eigenvalue weighted by Gasteiger charge is -2.12. The van der Waals surface area contributed by atoms with Gasteiger partial charge >= 0.3 is 0 Å². The topological polar surface area (TPSA) is 26.3 Å². The van der Waals surface area contributed by atoms with Crippen molar-refractivity contribution >= 4 is 87.0 Å². The molecule has 0 aliphatic carbocycles. The second-order valence-corrected chi connectivity index (χ2v) is 12.9. The molecule has 0 spiro atoms. The maximum absolute atomic E-state index is 6.32. The number of hydrogen-bond donors (Lipinski definition) is 0. The summed E-state index contributed by atoms with van der Waals surface area (Å²) in [4.78, 5) is 0. The Hall–Kier alpha value is -6.38. The molecule has 2 heteroatoms. The van der Waals surface area contributed by atoms with Crippen molar-refractivity contribution in [1.29, 1.82) is 0 Å². The molecule has 0 N–H and O–H groups in total. The quantitative estimate of drug-likeness (QED) is 0.182. The summed E-state index contributed by atoms with van der Waals surface area (Å²) >= 11 is 0. The molecule has 48 heavy (non-hydrogen) atoms. The standard InChI is InChI=1S/C46H26O2/c1-2-9-35-33(7-1)34-8-3-4-10-36(34)39-23-31(17-19-37(35)39)29-15-13-28-22-30(16-14-27(28)21-29)32-18-20-44-40(24-32)42-26-45-41(25-46(42)48-44)38-11-5-6-12-43(38)47-45/h1-26H. The van der Waals surface area contributed by atoms with E-state index in [0.717, 1.165) is 49.4 Å². The highest BCUT2D eigenvalue weighted by molar-refractivity contribution is 6.25. The van der Waals surface area contributed by atoms with E-state index in [1.807, 2.05) is 18.2 Å². The SMILES string of the molecule is c1ccc2c(c1)oc1cc3c(cc12)oc1ccc(-c2ccc4cc(-c5ccc6c7ccccc7c7ccccc7c6c5)ccc4c2)cc13. The maximum Gasteiger partial charge on any atom is 0.136 e. The van der Waals surface area contributed by atoms with Gasteiger partial charge in [0.1, 0.15) is 22.3 Å². The van der Waals surface area contributed by atoms with Gasteiger partial charge in [-0.25, -0.2) is 0 Å². The summed E-state index contributed by atoms with van der Waals surface area (Å²) in [6, 6.07) is 56.9. The molecule has 0 bridgehead atoms. The van der Waals surface area contributed by atoms with Gasteiger partial charge in [0, 0.05) is 21.5 Å². The maximum atomic E-state index is 6.32. The largest absolute Gasteiger partial charge is 0.456 e. The predicted octanol–water partition coefficient (Wildman–Crippen LogP) is 13.4. The van der Waals surface area contributed by atoms with Crippen LogP contribution in [-0.2, 0) is 0 Å². The minimum atomic E-state index is 0.877. The van der Waals surface area contributed by atoms with Gasteiger partial charge in [-0.3, -0.25) is 0 Å². The van der Waals surface area contributed by atoms with Crippen LogP contribution in [0.2, 0.25) is 0 Å². The van der Waals surface area contributed by atoms with E-state index in [-0.39, 0.29) is 0 Å². The summed E-state index contributed by atoms with van der Waals surface area (Å²) in [5.74, 6) is 0. The highest BCUT2D eigenvalue weighted by atomic mass is 16.3. The first-order valence-electron chi connectivity index (χ1n) is 16.4. The van der Waals surface area contributed by atoms with Crippen molar-refractivity contribution in [3.63, 3.8) is 0 Å². The molecule has 0 unspecified atom stereocenters. The van der Waals surface area contributed by atoms with E-state index in [0.29, 0.717) is 0 Å². The van der Waals surface area contributed by atoms with Crippen LogP contribution in [0.4, 0.5) is 0 Å². The lowest BCUT2D eigenvalue weighted by atomic mass is 9.91. The minimum absolute atomic E-state index is 0.877. The molecule has 9 aromatic carbocycles. The Morgan fingerprint density at radius 2 is 0.625 bits per heavy atom. The smallest absolute Gasteiger partial charge is 0.136 e. The third kappa shape index (κ3) is 3.69. The lowest BCUT2D eigenvalue weighted by Crippen LogP contribution is -1.85. The summed E-state index contributed by atoms with van der Waals surface area (Å²) in [6.07, 6.45) is 0. The van der Waals surface area contributed by atoms with Crippen LogP contribution in [0.15, 0.2) is 167 Å². The minimum Gasteiger partial charge on any atom is -0.456 e. The monoisotopic (exact) mass is 610 g/mol. The number of hydrogen-bond acceptors (Lipinski definition) is 2. The first kappa shape index (κ1) is 25.8. The highest BCUT2D eigenvalue weighted by Crippen LogP contribution is 2.40. The molecule has 0 saturated carbocycles. The molecule has 0 aliphatic rings. The number of rotatable bonds is 2. The van der Waals surface area contributed by atoms with Crippen LogP contribution in [0.25, 0.3) is 109 Å². The number of furan rings is 2. The predicted molar refractivity (Wildman–Crippen MR) is 202 cm³/mol. The van der Waals surface area contributed by atoms with Crippen LogP contribution in [0.5, 0.6) is 0 Å². The zero-order valence-corrected chi connectivity index (χ0v) is 25.8. The molecule has 2 heterocycles. The third-order valence-corrected chi connectivity index (χ3v) is 10.2. The number of benzene rings is 9. The van der Waals surface area contributed by atoms with Gasteiger partial charge in [0.05, 0.1) is 0 Å². The number of para-hydroxylation sites is 1. The third-order valence-electron chi connectivity index (χ3n) is 10.2. The molecule has 11 rings (SSSR count). The average molecular weight is 611 g/mol. The summed E-state index contributed by atoms with van der Waals surface area (Å²) in [7, 11) is 0. The Balaban J connectivity index is 1.00. The molecule has 0 aliphatic heterocycles. The van der Waals surface area contributed by atoms with E-state index < -0.39 is 0 Å². The van der Waals surface area contributed by atoms with E-state index in [2.05, 4.69) is 140 Å². The molecule has 0 fully saturated rings. The molecule has 0 amide bonds. The van der Waals surface area contributed by atoms with Crippen molar-refractivity contribution in [2.24, 2.45) is 0 Å². The second kappa shape index (κ2) is 9.57. The average Bonchev–Trinajstić information content (AvgIpc) is 3.70. The fraction of sp³-hybridized carbons (Fsp3) is 0. The molecule has 222 valence electrons. The van der Waals surface area contributed by atoms with Crippen molar-refractivity contribution < 1.29 is 8.83 Å². The highest BCUT2D eigenvalue weighted by Gasteiger charge is 2.15. The van der Waals surface area contributed by atoms with Crippen molar-refractivity contribution in [3.05, 3.63) is 158 Å². The molecule has 2 nitrogen and oxygen atoms in total. The van der Waals surface area contributed by atoms with E-state index in [1.165, 1.54) is 59.8 Å². The van der Waals surface area contributed by atoms with Crippen LogP contribution in [0.1, 0.15) is 0 Å². The molecule has 11 aromatic rings. The van der Waals surface area contributed by atoms with Crippen molar-refractivity contribution in [2.75, 3.05) is 0 Å². The molecule has 0 radical (unpaired) electrons. The Labute approximate surface area is 275 Å². The molecule has 0 atom stereocenters. The van der Waals surface area contributed by atoms with Gasteiger partial charge in [0.2, 0.25) is 0 Å². The summed E-state index contributed by atoms with van der Waals surface area (Å²) in [5.41, 5.74) is 8.32. The van der Waals surface area contributed by atoms with Gasteiger partial charge in [-0.15, -0.1) is 0 Å². The number of fused-ring (bicyclic) bond motifs is 13. The summed E-state index contributed by atoms with van der Waals surface area (Å²) in [6.45, 7) is 0. The Bertz CT molecular complexity index is 3080. The van der Waals surface area contributed by atoms with Crippen LogP contribution in [-0.4, -0.2) is 0 Å². The van der Waals surface area contributed by atoms with Gasteiger partial charge in [-0.1, -0.05) is 109 Å². The summed E-state index contributed by atoms with van der Waals surface area (Å²) in [5, 5.41) is 14.6. The van der Waals surface area contributed by atoms with Gasteiger partial charge in [-0.05, 0) is 114 Å². The Morgan fingerprint density at radius 3 is 1.25 bits per heavy atom. The first-order chi connectivity index (χ1) is 23.7. The fourth-order valence-electron chi connectivity index (χ4n) is 7.87. The fourth-order valence-corrected chi connectivity index (χ4v) is 7.87. The Morgan fingerprint density at radius 1 is 0.229 bits per heavy atom. The zero-order valence-electron chi connectivity index (χ0n) is 25.8. The van der Waals surface area contributed by atoms with Crippen molar-refractivity contribution in [1.82, 2.24) is 0 Å². The van der Waals surface area contributed by atoms with Gasteiger partial charge in [-0.2, -0.15) is 0 Å². The van der Waals surface area contributed by atoms with Crippen LogP contribution in [0.3, 0.4) is 0 Å². The van der Waals surface area contributed by atoms with Crippen molar-refractivity contribution in [2.45, 2.75) is 0 Å². The normalized spacial score (nSPS) is 12.2. The van der Waals surface area contributed by atoms with E-state index in [4.69, 9.17) is 8.83 Å². The van der Waals surface area contributed by atoms with Gasteiger partial charge in [0.25, 0.3) is 0 Å². The van der Waals surface area contributed by atoms with Crippen LogP contribution < -0.4 is 0 Å². The van der Waals surface area contributed by atoms with Gasteiger partial charge in [0.15, 0.2) is 0 Å². The molecule has 2 aromatic heterocycles. The van der Waals surface area contributed by atoms with Gasteiger partial charge < -0.3 is 8.83 Å². The lowest BCUT2D eigenvalue weighted by molar-refractivity contribution is 0.664. The molecular formula is C46H26O2. The van der Waals surface area contributed by atoms with Crippen LogP contribution in [0, 0.1) is 0 Å². The van der Waals surface area contributed by atoms with E-state index in [1.54, 1.807) is 0 Å². The second-order valence-electron chi connectivity index (χ2n) is 12.9. The summed E-state index contributed by atoms with van der Waals surface area (Å²) < 4.78 is 12.5. The van der Waals surface area contributed by atoms with E-state index in [9.17, 15) is 0 Å². The first-order valence-corrected chi connectivity index (χ1v) is 16.4. The molecule has 0 saturated heterocycles. The zero-order chi connectivity index (χ0) is 31.3. The van der Waals surface area contributed by atoms with Crippen LogP contribution >= 0.6 is 0 Å². The van der Waals surface area contributed by atoms with E-state index >= 15 is 0 Å². The molecular weight excluding hydrogens is 585 g/mol. The Kier molecular flexibility index (Phi) is 5.14. The van der Waals surface area contributed by atoms with Crippen molar-refractivity contribution in [3.8, 4) is 22.3 Å².